The summed E-state index contributed by atoms with van der Waals surface area (Å²) in [5.74, 6) is -1.22. The van der Waals surface area contributed by atoms with Crippen molar-refractivity contribution in [2.75, 3.05) is 39.8 Å². The Labute approximate surface area is 118 Å². The fourth-order valence-corrected chi connectivity index (χ4v) is 2.76. The second kappa shape index (κ2) is 6.69. The van der Waals surface area contributed by atoms with Crippen LogP contribution in [0.5, 0.6) is 0 Å². The molecular formula is C13H22N4O3. The Morgan fingerprint density at radius 2 is 1.85 bits per heavy atom. The van der Waals surface area contributed by atoms with Crippen LogP contribution in [0.3, 0.4) is 0 Å². The number of rotatable bonds is 1. The van der Waals surface area contributed by atoms with Gasteiger partial charge in [-0.05, 0) is 25.8 Å². The number of hydrogen-bond donors (Lipinski definition) is 2. The Bertz CT molecular complexity index is 391. The molecule has 1 atom stereocenters. The first-order valence-electron chi connectivity index (χ1n) is 7.17. The maximum Gasteiger partial charge on any atom is 0.312 e. The molecule has 7 heteroatoms. The smallest absolute Gasteiger partial charge is 0.312 e. The Balaban J connectivity index is 2.01. The topological polar surface area (TPSA) is 81.8 Å². The molecule has 0 bridgehead atoms. The number of nitrogens with zero attached hydrogens (tertiary/aromatic N) is 2. The Morgan fingerprint density at radius 3 is 2.60 bits per heavy atom. The molecule has 0 aromatic heterocycles. The van der Waals surface area contributed by atoms with Crippen LogP contribution in [-0.4, -0.2) is 73.3 Å². The van der Waals surface area contributed by atoms with E-state index in [1.54, 1.807) is 11.9 Å². The predicted molar refractivity (Wildman–Crippen MR) is 72.9 cm³/mol. The molecule has 0 spiro atoms. The van der Waals surface area contributed by atoms with Crippen LogP contribution < -0.4 is 10.6 Å². The van der Waals surface area contributed by atoms with Gasteiger partial charge in [-0.15, -0.1) is 0 Å². The van der Waals surface area contributed by atoms with Crippen LogP contribution in [-0.2, 0) is 14.4 Å². The maximum absolute atomic E-state index is 12.3. The summed E-state index contributed by atoms with van der Waals surface area (Å²) >= 11 is 0. The molecule has 1 unspecified atom stereocenters. The molecule has 7 nitrogen and oxygen atoms in total. The third-order valence-electron chi connectivity index (χ3n) is 3.87. The maximum atomic E-state index is 12.3. The molecular weight excluding hydrogens is 260 g/mol. The number of likely N-dealkylation sites (N-methyl/N-ethyl adjacent to an activating group) is 1. The molecule has 0 aromatic rings. The summed E-state index contributed by atoms with van der Waals surface area (Å²) in [5, 5.41) is 5.75. The largest absolute Gasteiger partial charge is 0.357 e. The van der Waals surface area contributed by atoms with Crippen molar-refractivity contribution in [1.82, 2.24) is 20.4 Å². The van der Waals surface area contributed by atoms with E-state index < -0.39 is 17.9 Å². The molecule has 112 valence electrons. The Morgan fingerprint density at radius 1 is 1.05 bits per heavy atom. The number of carbonyl (C=O) groups excluding carboxylic acids is 3. The van der Waals surface area contributed by atoms with Crippen molar-refractivity contribution in [1.29, 1.82) is 0 Å². The lowest BCUT2D eigenvalue weighted by Crippen LogP contribution is -2.51. The minimum atomic E-state index is -0.544. The van der Waals surface area contributed by atoms with Crippen molar-refractivity contribution < 1.29 is 14.4 Å². The van der Waals surface area contributed by atoms with E-state index in [0.717, 1.165) is 19.4 Å². The van der Waals surface area contributed by atoms with Crippen molar-refractivity contribution in [3.05, 3.63) is 0 Å². The fourth-order valence-electron chi connectivity index (χ4n) is 2.76. The van der Waals surface area contributed by atoms with Crippen molar-refractivity contribution in [3.8, 4) is 0 Å². The molecule has 2 aliphatic heterocycles. The van der Waals surface area contributed by atoms with Gasteiger partial charge in [0, 0.05) is 33.2 Å². The summed E-state index contributed by atoms with van der Waals surface area (Å²) in [5.41, 5.74) is 0. The van der Waals surface area contributed by atoms with E-state index >= 15 is 0 Å². The SMILES string of the molecule is CNC(=O)C1CCCN1C(=O)C(=O)N1CCCNCC1. The summed E-state index contributed by atoms with van der Waals surface area (Å²) in [6.45, 7) is 3.19. The van der Waals surface area contributed by atoms with Gasteiger partial charge >= 0.3 is 11.8 Å². The monoisotopic (exact) mass is 282 g/mol. The van der Waals surface area contributed by atoms with Gasteiger partial charge in [0.25, 0.3) is 0 Å². The Hall–Kier alpha value is -1.63. The average Bonchev–Trinajstić information content (AvgIpc) is 2.80. The summed E-state index contributed by atoms with van der Waals surface area (Å²) < 4.78 is 0. The van der Waals surface area contributed by atoms with E-state index in [9.17, 15) is 14.4 Å². The zero-order valence-corrected chi connectivity index (χ0v) is 11.9. The predicted octanol–water partition coefficient (Wildman–Crippen LogP) is -1.45. The van der Waals surface area contributed by atoms with Crippen LogP contribution >= 0.6 is 0 Å². The third kappa shape index (κ3) is 3.09. The van der Waals surface area contributed by atoms with Gasteiger partial charge < -0.3 is 20.4 Å². The molecule has 2 heterocycles. The zero-order valence-electron chi connectivity index (χ0n) is 11.9. The molecule has 0 radical (unpaired) electrons. The van der Waals surface area contributed by atoms with Crippen LogP contribution in [0.15, 0.2) is 0 Å². The van der Waals surface area contributed by atoms with Crippen molar-refractivity contribution in [2.24, 2.45) is 0 Å². The van der Waals surface area contributed by atoms with E-state index in [1.165, 1.54) is 4.90 Å². The molecule has 0 aliphatic carbocycles. The van der Waals surface area contributed by atoms with Gasteiger partial charge in [0.15, 0.2) is 0 Å². The number of amides is 3. The van der Waals surface area contributed by atoms with Crippen molar-refractivity contribution in [2.45, 2.75) is 25.3 Å². The molecule has 2 rings (SSSR count). The first-order valence-corrected chi connectivity index (χ1v) is 7.17. The minimum Gasteiger partial charge on any atom is -0.357 e. The van der Waals surface area contributed by atoms with Crippen LogP contribution in [0.1, 0.15) is 19.3 Å². The molecule has 3 amide bonds. The highest BCUT2D eigenvalue weighted by Gasteiger charge is 2.37. The standard InChI is InChI=1S/C13H22N4O3/c1-14-11(18)10-4-2-8-17(10)13(20)12(19)16-7-3-5-15-6-9-16/h10,15H,2-9H2,1H3,(H,14,18). The van der Waals surface area contributed by atoms with Crippen LogP contribution in [0.25, 0.3) is 0 Å². The molecule has 2 fully saturated rings. The summed E-state index contributed by atoms with van der Waals surface area (Å²) in [6, 6.07) is -0.499. The molecule has 2 aliphatic rings. The van der Waals surface area contributed by atoms with Gasteiger partial charge in [-0.25, -0.2) is 0 Å². The molecule has 0 aromatic carbocycles. The lowest BCUT2D eigenvalue weighted by Gasteiger charge is -2.26. The van der Waals surface area contributed by atoms with Gasteiger partial charge in [-0.1, -0.05) is 0 Å². The minimum absolute atomic E-state index is 0.193. The quantitative estimate of drug-likeness (QED) is 0.576. The van der Waals surface area contributed by atoms with Gasteiger partial charge in [0.05, 0.1) is 0 Å². The van der Waals surface area contributed by atoms with Crippen molar-refractivity contribution >= 4 is 17.7 Å². The first kappa shape index (κ1) is 14.8. The fraction of sp³-hybridized carbons (Fsp3) is 0.769. The normalized spacial score (nSPS) is 23.4. The van der Waals surface area contributed by atoms with Crippen LogP contribution in [0.2, 0.25) is 0 Å². The molecule has 0 saturated carbocycles. The highest BCUT2D eigenvalue weighted by molar-refractivity contribution is 6.35. The number of likely N-dealkylation sites (tertiary alicyclic amines) is 1. The second-order valence-electron chi connectivity index (χ2n) is 5.17. The second-order valence-corrected chi connectivity index (χ2v) is 5.17. The van der Waals surface area contributed by atoms with Gasteiger partial charge in [0.2, 0.25) is 5.91 Å². The third-order valence-corrected chi connectivity index (χ3v) is 3.87. The molecule has 20 heavy (non-hydrogen) atoms. The number of carbonyl (C=O) groups is 3. The van der Waals surface area contributed by atoms with E-state index in [-0.39, 0.29) is 5.91 Å². The Kier molecular flexibility index (Phi) is 4.94. The summed E-state index contributed by atoms with van der Waals surface area (Å²) in [7, 11) is 1.55. The zero-order chi connectivity index (χ0) is 14.5. The van der Waals surface area contributed by atoms with E-state index in [1.807, 2.05) is 0 Å². The summed E-state index contributed by atoms with van der Waals surface area (Å²) in [4.78, 5) is 39.3. The van der Waals surface area contributed by atoms with Crippen LogP contribution in [0.4, 0.5) is 0 Å². The lowest BCUT2D eigenvalue weighted by atomic mass is 10.2. The number of hydrogen-bond acceptors (Lipinski definition) is 4. The first-order chi connectivity index (χ1) is 9.65. The van der Waals surface area contributed by atoms with Gasteiger partial charge in [-0.2, -0.15) is 0 Å². The van der Waals surface area contributed by atoms with Gasteiger partial charge in [0.1, 0.15) is 6.04 Å². The highest BCUT2D eigenvalue weighted by atomic mass is 16.2. The van der Waals surface area contributed by atoms with Gasteiger partial charge in [-0.3, -0.25) is 14.4 Å². The lowest BCUT2D eigenvalue weighted by molar-refractivity contribution is -0.153. The molecule has 2 N–H and O–H groups in total. The van der Waals surface area contributed by atoms with Crippen molar-refractivity contribution in [3.63, 3.8) is 0 Å². The highest BCUT2D eigenvalue weighted by Crippen LogP contribution is 2.18. The molecule has 2 saturated heterocycles. The summed E-state index contributed by atoms with van der Waals surface area (Å²) in [6.07, 6.45) is 2.23. The average molecular weight is 282 g/mol. The van der Waals surface area contributed by atoms with E-state index in [4.69, 9.17) is 0 Å². The van der Waals surface area contributed by atoms with Crippen LogP contribution in [0, 0.1) is 0 Å². The van der Waals surface area contributed by atoms with E-state index in [0.29, 0.717) is 32.6 Å². The van der Waals surface area contributed by atoms with E-state index in [2.05, 4.69) is 10.6 Å². The number of nitrogens with one attached hydrogen (secondary N) is 2.